The van der Waals surface area contributed by atoms with Crippen molar-refractivity contribution in [3.8, 4) is 11.1 Å². The van der Waals surface area contributed by atoms with Gasteiger partial charge >= 0.3 is 12.3 Å². The summed E-state index contributed by atoms with van der Waals surface area (Å²) in [6, 6.07) is 7.68. The molecule has 2 aromatic heterocycles. The first kappa shape index (κ1) is 24.6. The number of alkyl halides is 3. The highest BCUT2D eigenvalue weighted by molar-refractivity contribution is 5.99. The molecule has 2 aliphatic heterocycles. The van der Waals surface area contributed by atoms with E-state index in [0.29, 0.717) is 29.2 Å². The molecule has 1 fully saturated rings. The maximum absolute atomic E-state index is 15.0. The fourth-order valence-electron chi connectivity index (χ4n) is 3.97. The van der Waals surface area contributed by atoms with E-state index < -0.39 is 36.9 Å². The molecule has 37 heavy (non-hydrogen) atoms. The number of cyclic esters (lactones) is 1. The highest BCUT2D eigenvalue weighted by Crippen LogP contribution is 2.29. The standard InChI is InChI=1S/C23H20F4N6O4/c24-19-7-15(33-11-17(36-22(33)34)10-32-6-5-29-31-32)2-3-18(19)14-1-4-20(28-9-14)21-8-16(37-30-21)12-35-13-23(25,26)27/h1-7,9,16-17H,8,10-13H2/t16-,17-/m0/s1. The Morgan fingerprint density at radius 3 is 2.73 bits per heavy atom. The molecular weight excluding hydrogens is 500 g/mol. The maximum Gasteiger partial charge on any atom is 0.414 e. The van der Waals surface area contributed by atoms with E-state index in [1.807, 2.05) is 0 Å². The Morgan fingerprint density at radius 2 is 2.03 bits per heavy atom. The number of amides is 1. The van der Waals surface area contributed by atoms with Gasteiger partial charge in [0.25, 0.3) is 0 Å². The maximum atomic E-state index is 15.0. The molecule has 0 aliphatic carbocycles. The summed E-state index contributed by atoms with van der Waals surface area (Å²) in [5, 5.41) is 11.4. The van der Waals surface area contributed by atoms with E-state index in [1.165, 1.54) is 23.4 Å². The molecule has 0 bridgehead atoms. The van der Waals surface area contributed by atoms with Crippen LogP contribution < -0.4 is 4.90 Å². The minimum absolute atomic E-state index is 0.233. The average Bonchev–Trinajstić information content (AvgIpc) is 3.61. The molecule has 0 unspecified atom stereocenters. The molecule has 0 spiro atoms. The minimum Gasteiger partial charge on any atom is -0.442 e. The summed E-state index contributed by atoms with van der Waals surface area (Å²) < 4.78 is 63.2. The molecule has 14 heteroatoms. The lowest BCUT2D eigenvalue weighted by molar-refractivity contribution is -0.180. The van der Waals surface area contributed by atoms with Gasteiger partial charge in [-0.15, -0.1) is 5.10 Å². The van der Waals surface area contributed by atoms with Crippen molar-refractivity contribution in [2.75, 3.05) is 24.7 Å². The molecular formula is C23H20F4N6O4. The van der Waals surface area contributed by atoms with Crippen molar-refractivity contribution in [3.05, 3.63) is 60.4 Å². The zero-order chi connectivity index (χ0) is 26.0. The lowest BCUT2D eigenvalue weighted by Crippen LogP contribution is -2.26. The first-order valence-corrected chi connectivity index (χ1v) is 11.2. The van der Waals surface area contributed by atoms with Crippen LogP contribution in [0.4, 0.5) is 28.0 Å². The van der Waals surface area contributed by atoms with Crippen LogP contribution in [0.15, 0.2) is 54.1 Å². The van der Waals surface area contributed by atoms with Gasteiger partial charge in [0, 0.05) is 29.9 Å². The second-order valence-corrected chi connectivity index (χ2v) is 8.44. The van der Waals surface area contributed by atoms with Crippen molar-refractivity contribution >= 4 is 17.5 Å². The van der Waals surface area contributed by atoms with Crippen molar-refractivity contribution in [2.24, 2.45) is 5.16 Å². The number of rotatable bonds is 8. The molecule has 2 atom stereocenters. The summed E-state index contributed by atoms with van der Waals surface area (Å²) in [4.78, 5) is 23.1. The fourth-order valence-corrected chi connectivity index (χ4v) is 3.97. The van der Waals surface area contributed by atoms with Gasteiger partial charge in [0.15, 0.2) is 6.10 Å². The number of carbonyl (C=O) groups is 1. The summed E-state index contributed by atoms with van der Waals surface area (Å²) in [6.45, 7) is -1.05. The molecule has 0 N–H and O–H groups in total. The highest BCUT2D eigenvalue weighted by Gasteiger charge is 2.33. The van der Waals surface area contributed by atoms with Crippen LogP contribution in [0.5, 0.6) is 0 Å². The number of nitrogens with zero attached hydrogens (tertiary/aromatic N) is 6. The van der Waals surface area contributed by atoms with Gasteiger partial charge in [-0.05, 0) is 24.3 Å². The topological polar surface area (TPSA) is 104 Å². The molecule has 2 aliphatic rings. The minimum atomic E-state index is -4.41. The molecule has 0 saturated carbocycles. The number of anilines is 1. The number of oxime groups is 1. The smallest absolute Gasteiger partial charge is 0.414 e. The van der Waals surface area contributed by atoms with Gasteiger partial charge in [-0.1, -0.05) is 16.4 Å². The number of carbonyl (C=O) groups excluding carboxylic acids is 1. The molecule has 194 valence electrons. The van der Waals surface area contributed by atoms with Crippen LogP contribution >= 0.6 is 0 Å². The first-order valence-electron chi connectivity index (χ1n) is 11.2. The summed E-state index contributed by atoms with van der Waals surface area (Å²) >= 11 is 0. The molecule has 1 aromatic carbocycles. The lowest BCUT2D eigenvalue weighted by Gasteiger charge is -2.14. The monoisotopic (exact) mass is 520 g/mol. The molecule has 3 aromatic rings. The third-order valence-corrected chi connectivity index (χ3v) is 5.67. The lowest BCUT2D eigenvalue weighted by atomic mass is 10.0. The Morgan fingerprint density at radius 1 is 1.16 bits per heavy atom. The third kappa shape index (κ3) is 5.85. The van der Waals surface area contributed by atoms with Gasteiger partial charge < -0.3 is 14.3 Å². The normalized spacial score (nSPS) is 19.6. The van der Waals surface area contributed by atoms with Crippen LogP contribution in [0.1, 0.15) is 12.1 Å². The van der Waals surface area contributed by atoms with Crippen LogP contribution in [0.2, 0.25) is 0 Å². The van der Waals surface area contributed by atoms with E-state index in [9.17, 15) is 18.0 Å². The van der Waals surface area contributed by atoms with E-state index in [-0.39, 0.29) is 25.1 Å². The Bertz CT molecular complexity index is 1280. The van der Waals surface area contributed by atoms with Crippen LogP contribution in [-0.2, 0) is 20.9 Å². The van der Waals surface area contributed by atoms with Crippen molar-refractivity contribution < 1.29 is 36.7 Å². The average molecular weight is 520 g/mol. The predicted molar refractivity (Wildman–Crippen MR) is 120 cm³/mol. The van der Waals surface area contributed by atoms with Crippen LogP contribution in [0.25, 0.3) is 11.1 Å². The largest absolute Gasteiger partial charge is 0.442 e. The van der Waals surface area contributed by atoms with Crippen LogP contribution in [0.3, 0.4) is 0 Å². The molecule has 10 nitrogen and oxygen atoms in total. The summed E-state index contributed by atoms with van der Waals surface area (Å²) in [5.41, 5.74) is 2.03. The van der Waals surface area contributed by atoms with Crippen molar-refractivity contribution in [1.82, 2.24) is 20.0 Å². The zero-order valence-electron chi connectivity index (χ0n) is 19.1. The predicted octanol–water partition coefficient (Wildman–Crippen LogP) is 3.58. The van der Waals surface area contributed by atoms with Gasteiger partial charge in [-0.25, -0.2) is 13.9 Å². The SMILES string of the molecule is O=C1O[C@@H](Cn2ccnn2)CN1c1ccc(-c2ccc(C3=NO[C@H](COCC(F)(F)F)C3)nc2)c(F)c1. The molecule has 1 amide bonds. The van der Waals surface area contributed by atoms with Crippen molar-refractivity contribution in [2.45, 2.75) is 31.3 Å². The Labute approximate surface area is 207 Å². The van der Waals surface area contributed by atoms with E-state index >= 15 is 4.39 Å². The molecule has 5 rings (SSSR count). The second-order valence-electron chi connectivity index (χ2n) is 8.44. The van der Waals surface area contributed by atoms with E-state index in [4.69, 9.17) is 9.57 Å². The van der Waals surface area contributed by atoms with E-state index in [1.54, 1.807) is 35.1 Å². The highest BCUT2D eigenvalue weighted by atomic mass is 19.4. The quantitative estimate of drug-likeness (QED) is 0.418. The van der Waals surface area contributed by atoms with Gasteiger partial charge in [-0.2, -0.15) is 13.2 Å². The number of aromatic nitrogens is 4. The molecule has 0 radical (unpaired) electrons. The van der Waals surface area contributed by atoms with Gasteiger partial charge in [0.05, 0.1) is 37.3 Å². The van der Waals surface area contributed by atoms with Crippen LogP contribution in [0, 0.1) is 5.82 Å². The number of halogens is 4. The second kappa shape index (κ2) is 10.1. The summed E-state index contributed by atoms with van der Waals surface area (Å²) in [5.74, 6) is -0.553. The Kier molecular flexibility index (Phi) is 6.74. The van der Waals surface area contributed by atoms with Gasteiger partial charge in [-0.3, -0.25) is 9.88 Å². The Hall–Kier alpha value is -4.07. The van der Waals surface area contributed by atoms with Gasteiger partial charge in [0.1, 0.15) is 24.2 Å². The van der Waals surface area contributed by atoms with Crippen molar-refractivity contribution in [3.63, 3.8) is 0 Å². The van der Waals surface area contributed by atoms with E-state index in [2.05, 4.69) is 25.2 Å². The number of hydrogen-bond acceptors (Lipinski definition) is 8. The number of pyridine rings is 1. The van der Waals surface area contributed by atoms with Crippen molar-refractivity contribution in [1.29, 1.82) is 0 Å². The summed E-state index contributed by atoms with van der Waals surface area (Å²) in [7, 11) is 0. The molecule has 4 heterocycles. The third-order valence-electron chi connectivity index (χ3n) is 5.67. The zero-order valence-corrected chi connectivity index (χ0v) is 19.1. The number of hydrogen-bond donors (Lipinski definition) is 0. The fraction of sp³-hybridized carbons (Fsp3) is 0.348. The van der Waals surface area contributed by atoms with E-state index in [0.717, 1.165) is 0 Å². The molecule has 1 saturated heterocycles. The summed E-state index contributed by atoms with van der Waals surface area (Å²) in [6.07, 6.45) is -1.21. The number of benzene rings is 1. The van der Waals surface area contributed by atoms with Gasteiger partial charge in [0.2, 0.25) is 0 Å². The van der Waals surface area contributed by atoms with Crippen LogP contribution in [-0.4, -0.2) is 69.9 Å². The number of ether oxygens (including phenoxy) is 2. The first-order chi connectivity index (χ1) is 17.7. The Balaban J connectivity index is 1.20.